The van der Waals surface area contributed by atoms with Crippen molar-refractivity contribution in [2.75, 3.05) is 11.9 Å². The van der Waals surface area contributed by atoms with E-state index < -0.39 is 17.7 Å². The van der Waals surface area contributed by atoms with Crippen LogP contribution in [0.5, 0.6) is 0 Å². The average molecular weight is 325 g/mol. The number of aromatic nitrogens is 1. The van der Waals surface area contributed by atoms with Crippen LogP contribution >= 0.6 is 0 Å². The summed E-state index contributed by atoms with van der Waals surface area (Å²) in [4.78, 5) is 34.1. The van der Waals surface area contributed by atoms with E-state index in [-0.39, 0.29) is 18.0 Å². The molecule has 1 aromatic heterocycles. The molecule has 128 valence electrons. The van der Waals surface area contributed by atoms with E-state index in [2.05, 4.69) is 10.6 Å². The summed E-state index contributed by atoms with van der Waals surface area (Å²) in [5.74, 6) is -1.31. The van der Waals surface area contributed by atoms with Crippen LogP contribution in [0, 0.1) is 0 Å². The zero-order chi connectivity index (χ0) is 17.6. The number of nitrogens with one attached hydrogen (secondary N) is 2. The molecule has 2 amide bonds. The molecule has 0 bridgehead atoms. The van der Waals surface area contributed by atoms with Gasteiger partial charge < -0.3 is 25.0 Å². The highest BCUT2D eigenvalue weighted by molar-refractivity contribution is 5.93. The Balaban J connectivity index is 2.31. The second-order valence-electron chi connectivity index (χ2n) is 6.11. The summed E-state index contributed by atoms with van der Waals surface area (Å²) < 4.78 is 6.49. The molecular formula is C15H23N3O5. The molecule has 0 saturated carbocycles. The number of hydrogen-bond acceptors (Lipinski definition) is 4. The molecule has 0 unspecified atom stereocenters. The summed E-state index contributed by atoms with van der Waals surface area (Å²) in [6.45, 7) is 5.62. The highest BCUT2D eigenvalue weighted by Crippen LogP contribution is 2.13. The maximum Gasteiger partial charge on any atom is 0.407 e. The van der Waals surface area contributed by atoms with Crippen molar-refractivity contribution < 1.29 is 24.2 Å². The number of alkyl carbamates (subject to hydrolysis) is 1. The molecule has 0 radical (unpaired) electrons. The first kappa shape index (κ1) is 18.5. The quantitative estimate of drug-likeness (QED) is 0.693. The Kier molecular flexibility index (Phi) is 6.18. The van der Waals surface area contributed by atoms with Gasteiger partial charge >= 0.3 is 12.1 Å². The minimum Gasteiger partial charge on any atom is -0.477 e. The molecule has 0 saturated heterocycles. The van der Waals surface area contributed by atoms with Gasteiger partial charge in [0.1, 0.15) is 11.3 Å². The molecule has 1 aromatic rings. The predicted molar refractivity (Wildman–Crippen MR) is 84.5 cm³/mol. The first-order chi connectivity index (χ1) is 10.6. The van der Waals surface area contributed by atoms with E-state index in [1.807, 2.05) is 0 Å². The Morgan fingerprint density at radius 1 is 1.30 bits per heavy atom. The molecular weight excluding hydrogens is 302 g/mol. The molecule has 3 N–H and O–H groups in total. The molecule has 8 heteroatoms. The number of aryl methyl sites for hydroxylation is 1. The third-order valence-corrected chi connectivity index (χ3v) is 2.76. The molecule has 0 atom stereocenters. The summed E-state index contributed by atoms with van der Waals surface area (Å²) in [5.41, 5.74) is -0.0433. The number of hydrogen-bond donors (Lipinski definition) is 3. The number of carbonyl (C=O) groups excluding carboxylic acids is 2. The number of carboxylic acid groups (broad SMARTS) is 1. The third-order valence-electron chi connectivity index (χ3n) is 2.76. The van der Waals surface area contributed by atoms with Gasteiger partial charge in [-0.2, -0.15) is 0 Å². The van der Waals surface area contributed by atoms with Gasteiger partial charge in [0.05, 0.1) is 5.69 Å². The second-order valence-corrected chi connectivity index (χ2v) is 6.11. The SMILES string of the molecule is Cn1cc(NC(=O)CCCNC(=O)OC(C)(C)C)cc1C(=O)O. The van der Waals surface area contributed by atoms with E-state index >= 15 is 0 Å². The lowest BCUT2D eigenvalue weighted by molar-refractivity contribution is -0.116. The topological polar surface area (TPSA) is 110 Å². The number of nitrogens with zero attached hydrogens (tertiary/aromatic N) is 1. The first-order valence-corrected chi connectivity index (χ1v) is 7.25. The molecule has 0 aliphatic heterocycles. The van der Waals surface area contributed by atoms with Gasteiger partial charge in [0.15, 0.2) is 0 Å². The summed E-state index contributed by atoms with van der Waals surface area (Å²) in [6.07, 6.45) is 1.66. The van der Waals surface area contributed by atoms with Crippen LogP contribution < -0.4 is 10.6 Å². The highest BCUT2D eigenvalue weighted by Gasteiger charge is 2.15. The monoisotopic (exact) mass is 325 g/mol. The van der Waals surface area contributed by atoms with Gasteiger partial charge in [-0.15, -0.1) is 0 Å². The number of ether oxygens (including phenoxy) is 1. The normalized spacial score (nSPS) is 11.0. The fourth-order valence-electron chi connectivity index (χ4n) is 1.82. The van der Waals surface area contributed by atoms with Crippen LogP contribution in [-0.2, 0) is 16.6 Å². The van der Waals surface area contributed by atoms with E-state index in [1.54, 1.807) is 27.8 Å². The molecule has 0 aliphatic rings. The Morgan fingerprint density at radius 3 is 2.48 bits per heavy atom. The zero-order valence-electron chi connectivity index (χ0n) is 13.8. The maximum atomic E-state index is 11.8. The van der Waals surface area contributed by atoms with Crippen molar-refractivity contribution in [3.8, 4) is 0 Å². The summed E-state index contributed by atoms with van der Waals surface area (Å²) in [5, 5.41) is 14.1. The minimum atomic E-state index is -1.06. The fraction of sp³-hybridized carbons (Fsp3) is 0.533. The van der Waals surface area contributed by atoms with Crippen LogP contribution in [0.25, 0.3) is 0 Å². The van der Waals surface area contributed by atoms with Gasteiger partial charge in [-0.05, 0) is 33.3 Å². The van der Waals surface area contributed by atoms with Crippen LogP contribution in [0.2, 0.25) is 0 Å². The minimum absolute atomic E-state index is 0.0897. The number of rotatable bonds is 6. The lowest BCUT2D eigenvalue weighted by Crippen LogP contribution is -2.33. The van der Waals surface area contributed by atoms with Crippen LogP contribution in [0.1, 0.15) is 44.1 Å². The van der Waals surface area contributed by atoms with E-state index in [0.29, 0.717) is 18.7 Å². The van der Waals surface area contributed by atoms with E-state index in [0.717, 1.165) is 0 Å². The largest absolute Gasteiger partial charge is 0.477 e. The van der Waals surface area contributed by atoms with Gasteiger partial charge in [-0.3, -0.25) is 4.79 Å². The lowest BCUT2D eigenvalue weighted by atomic mass is 10.2. The first-order valence-electron chi connectivity index (χ1n) is 7.25. The number of amides is 2. The Hall–Kier alpha value is -2.51. The smallest absolute Gasteiger partial charge is 0.407 e. The van der Waals surface area contributed by atoms with E-state index in [1.165, 1.54) is 16.8 Å². The highest BCUT2D eigenvalue weighted by atomic mass is 16.6. The molecule has 23 heavy (non-hydrogen) atoms. The summed E-state index contributed by atoms with van der Waals surface area (Å²) >= 11 is 0. The van der Waals surface area contributed by atoms with Crippen LogP contribution in [0.3, 0.4) is 0 Å². The predicted octanol–water partition coefficient (Wildman–Crippen LogP) is 1.97. The van der Waals surface area contributed by atoms with Crippen molar-refractivity contribution in [3.05, 3.63) is 18.0 Å². The Morgan fingerprint density at radius 2 is 1.96 bits per heavy atom. The molecule has 0 aromatic carbocycles. The zero-order valence-corrected chi connectivity index (χ0v) is 13.8. The third kappa shape index (κ3) is 6.86. The standard InChI is InChI=1S/C15H23N3O5/c1-15(2,3)23-14(22)16-7-5-6-12(19)17-10-8-11(13(20)21)18(4)9-10/h8-9H,5-7H2,1-4H3,(H,16,22)(H,17,19)(H,20,21). The van der Waals surface area contributed by atoms with Crippen LogP contribution in [0.4, 0.5) is 10.5 Å². The molecule has 0 fully saturated rings. The lowest BCUT2D eigenvalue weighted by Gasteiger charge is -2.19. The van der Waals surface area contributed by atoms with Gasteiger partial charge in [-0.25, -0.2) is 9.59 Å². The summed E-state index contributed by atoms with van der Waals surface area (Å²) in [7, 11) is 1.59. The van der Waals surface area contributed by atoms with Crippen molar-refractivity contribution in [2.45, 2.75) is 39.2 Å². The van der Waals surface area contributed by atoms with Crippen molar-refractivity contribution in [1.29, 1.82) is 0 Å². The molecule has 0 aliphatic carbocycles. The fourth-order valence-corrected chi connectivity index (χ4v) is 1.82. The van der Waals surface area contributed by atoms with E-state index in [4.69, 9.17) is 9.84 Å². The molecule has 0 spiro atoms. The van der Waals surface area contributed by atoms with E-state index in [9.17, 15) is 14.4 Å². The van der Waals surface area contributed by atoms with Gasteiger partial charge in [0, 0.05) is 26.2 Å². The van der Waals surface area contributed by atoms with Gasteiger partial charge in [0.25, 0.3) is 0 Å². The Bertz CT molecular complexity index is 586. The average Bonchev–Trinajstić information content (AvgIpc) is 2.73. The van der Waals surface area contributed by atoms with Crippen LogP contribution in [-0.4, -0.2) is 39.8 Å². The Labute approximate surface area is 134 Å². The summed E-state index contributed by atoms with van der Waals surface area (Å²) in [6, 6.07) is 1.39. The number of carboxylic acids is 1. The maximum absolute atomic E-state index is 11.8. The molecule has 8 nitrogen and oxygen atoms in total. The van der Waals surface area contributed by atoms with Crippen molar-refractivity contribution in [2.24, 2.45) is 7.05 Å². The van der Waals surface area contributed by atoms with Gasteiger partial charge in [-0.1, -0.05) is 0 Å². The van der Waals surface area contributed by atoms with Gasteiger partial charge in [0.2, 0.25) is 5.91 Å². The van der Waals surface area contributed by atoms with Crippen molar-refractivity contribution in [3.63, 3.8) is 0 Å². The number of anilines is 1. The second kappa shape index (κ2) is 7.66. The van der Waals surface area contributed by atoms with Crippen LogP contribution in [0.15, 0.2) is 12.3 Å². The number of aromatic carboxylic acids is 1. The van der Waals surface area contributed by atoms with Crippen molar-refractivity contribution in [1.82, 2.24) is 9.88 Å². The molecule has 1 heterocycles. The number of carbonyl (C=O) groups is 3. The molecule has 1 rings (SSSR count). The van der Waals surface area contributed by atoms with Crippen molar-refractivity contribution >= 4 is 23.7 Å².